The Morgan fingerprint density at radius 2 is 2.45 bits per heavy atom. The van der Waals surface area contributed by atoms with Crippen LogP contribution in [0.2, 0.25) is 0 Å². The monoisotopic (exact) mass is 306 g/mol. The van der Waals surface area contributed by atoms with Gasteiger partial charge in [-0.15, -0.1) is 22.7 Å². The first-order chi connectivity index (χ1) is 9.72. The van der Waals surface area contributed by atoms with E-state index in [0.29, 0.717) is 0 Å². The second kappa shape index (κ2) is 6.06. The fraction of sp³-hybridized carbons (Fsp3) is 0.467. The molecule has 0 spiro atoms. The Hall–Kier alpha value is -1.20. The summed E-state index contributed by atoms with van der Waals surface area (Å²) in [6, 6.07) is 4.17. The number of aromatic nitrogens is 1. The van der Waals surface area contributed by atoms with Crippen molar-refractivity contribution in [2.24, 2.45) is 5.92 Å². The zero-order valence-electron chi connectivity index (χ0n) is 11.5. The van der Waals surface area contributed by atoms with Crippen LogP contribution < -0.4 is 5.32 Å². The first-order valence-corrected chi connectivity index (χ1v) is 8.67. The number of carbonyl (C=O) groups excluding carboxylic acids is 1. The summed E-state index contributed by atoms with van der Waals surface area (Å²) in [4.78, 5) is 19.4. The van der Waals surface area contributed by atoms with Gasteiger partial charge in [0.2, 0.25) is 5.91 Å². The molecule has 0 saturated carbocycles. The second-order valence-electron chi connectivity index (χ2n) is 5.16. The quantitative estimate of drug-likeness (QED) is 0.943. The van der Waals surface area contributed by atoms with Gasteiger partial charge in [-0.3, -0.25) is 4.79 Å². The van der Waals surface area contributed by atoms with E-state index in [4.69, 9.17) is 0 Å². The van der Waals surface area contributed by atoms with Crippen molar-refractivity contribution in [2.75, 3.05) is 6.54 Å². The van der Waals surface area contributed by atoms with Crippen LogP contribution in [-0.4, -0.2) is 17.4 Å². The van der Waals surface area contributed by atoms with Crippen molar-refractivity contribution < 1.29 is 4.79 Å². The summed E-state index contributed by atoms with van der Waals surface area (Å²) in [6.45, 7) is 2.78. The lowest BCUT2D eigenvalue weighted by Gasteiger charge is -2.20. The molecule has 3 nitrogen and oxygen atoms in total. The topological polar surface area (TPSA) is 42.0 Å². The highest BCUT2D eigenvalue weighted by molar-refractivity contribution is 7.11. The van der Waals surface area contributed by atoms with Gasteiger partial charge in [-0.05, 0) is 44.1 Å². The van der Waals surface area contributed by atoms with Gasteiger partial charge in [0.1, 0.15) is 0 Å². The number of carbonyl (C=O) groups is 1. The summed E-state index contributed by atoms with van der Waals surface area (Å²) >= 11 is 3.49. The summed E-state index contributed by atoms with van der Waals surface area (Å²) in [5.74, 6) is 0.337. The van der Waals surface area contributed by atoms with E-state index < -0.39 is 0 Å². The lowest BCUT2D eigenvalue weighted by molar-refractivity contribution is -0.125. The van der Waals surface area contributed by atoms with E-state index in [2.05, 4.69) is 27.8 Å². The van der Waals surface area contributed by atoms with Gasteiger partial charge in [-0.2, -0.15) is 0 Å². The van der Waals surface area contributed by atoms with Gasteiger partial charge in [-0.1, -0.05) is 6.07 Å². The van der Waals surface area contributed by atoms with E-state index >= 15 is 0 Å². The molecule has 0 radical (unpaired) electrons. The fourth-order valence-electron chi connectivity index (χ4n) is 2.64. The number of hydrogen-bond acceptors (Lipinski definition) is 4. The lowest BCUT2D eigenvalue weighted by atomic mass is 9.90. The van der Waals surface area contributed by atoms with Crippen molar-refractivity contribution in [1.29, 1.82) is 0 Å². The first kappa shape index (κ1) is 13.8. The number of fused-ring (bicyclic) bond motifs is 1. The van der Waals surface area contributed by atoms with Gasteiger partial charge in [-0.25, -0.2) is 4.98 Å². The molecular formula is C15H18N2OS2. The molecule has 3 rings (SSSR count). The number of aryl methyl sites for hydroxylation is 2. The van der Waals surface area contributed by atoms with Crippen LogP contribution in [0.25, 0.3) is 0 Å². The van der Waals surface area contributed by atoms with Gasteiger partial charge < -0.3 is 5.32 Å². The highest BCUT2D eigenvalue weighted by Crippen LogP contribution is 2.29. The van der Waals surface area contributed by atoms with Crippen LogP contribution >= 0.6 is 22.7 Å². The standard InChI is InChI=1S/C15H18N2OS2/c1-10-17-13-5-4-11(9-14(13)20-10)15(18)16-7-6-12-3-2-8-19-12/h2-3,8,11H,4-7,9H2,1H3,(H,16,18). The van der Waals surface area contributed by atoms with Gasteiger partial charge in [0.25, 0.3) is 0 Å². The number of thiazole rings is 1. The molecule has 0 bridgehead atoms. The summed E-state index contributed by atoms with van der Waals surface area (Å²) in [5.41, 5.74) is 1.22. The number of nitrogens with one attached hydrogen (secondary N) is 1. The molecular weight excluding hydrogens is 288 g/mol. The van der Waals surface area contributed by atoms with Crippen LogP contribution in [-0.2, 0) is 24.1 Å². The Kier molecular flexibility index (Phi) is 4.17. The predicted octanol–water partition coefficient (Wildman–Crippen LogP) is 2.98. The maximum atomic E-state index is 12.2. The van der Waals surface area contributed by atoms with Crippen LogP contribution in [0.4, 0.5) is 0 Å². The summed E-state index contributed by atoms with van der Waals surface area (Å²) in [6.07, 6.45) is 3.68. The third-order valence-corrected chi connectivity index (χ3v) is 5.64. The molecule has 0 aromatic carbocycles. The van der Waals surface area contributed by atoms with E-state index in [1.54, 1.807) is 22.7 Å². The van der Waals surface area contributed by atoms with Crippen LogP contribution in [0.1, 0.15) is 26.9 Å². The molecule has 1 aliphatic carbocycles. The predicted molar refractivity (Wildman–Crippen MR) is 83.4 cm³/mol. The van der Waals surface area contributed by atoms with E-state index in [1.807, 2.05) is 6.92 Å². The lowest BCUT2D eigenvalue weighted by Crippen LogP contribution is -2.34. The molecule has 0 fully saturated rings. The van der Waals surface area contributed by atoms with Crippen molar-refractivity contribution in [3.63, 3.8) is 0 Å². The van der Waals surface area contributed by atoms with Crippen molar-refractivity contribution in [1.82, 2.24) is 10.3 Å². The van der Waals surface area contributed by atoms with E-state index in [-0.39, 0.29) is 11.8 Å². The zero-order chi connectivity index (χ0) is 13.9. The molecule has 0 aliphatic heterocycles. The highest BCUT2D eigenvalue weighted by atomic mass is 32.1. The maximum absolute atomic E-state index is 12.2. The number of rotatable bonds is 4. The summed E-state index contributed by atoms with van der Waals surface area (Å²) in [7, 11) is 0. The summed E-state index contributed by atoms with van der Waals surface area (Å²) < 4.78 is 0. The van der Waals surface area contributed by atoms with Crippen LogP contribution in [0.5, 0.6) is 0 Å². The second-order valence-corrected chi connectivity index (χ2v) is 7.48. The fourth-order valence-corrected chi connectivity index (χ4v) is 4.41. The first-order valence-electron chi connectivity index (χ1n) is 6.97. The molecule has 1 atom stereocenters. The molecule has 0 saturated heterocycles. The average molecular weight is 306 g/mol. The molecule has 106 valence electrons. The van der Waals surface area contributed by atoms with Crippen LogP contribution in [0, 0.1) is 12.8 Å². The average Bonchev–Trinajstić information content (AvgIpc) is 3.05. The third-order valence-electron chi connectivity index (χ3n) is 3.67. The molecule has 1 aliphatic rings. The Morgan fingerprint density at radius 3 is 3.25 bits per heavy atom. The SMILES string of the molecule is Cc1nc2c(s1)CC(C(=O)NCCc1cccs1)CC2. The minimum atomic E-state index is 0.130. The zero-order valence-corrected chi connectivity index (χ0v) is 13.1. The minimum Gasteiger partial charge on any atom is -0.355 e. The molecule has 2 aromatic heterocycles. The normalized spacial score (nSPS) is 17.8. The van der Waals surface area contributed by atoms with Crippen molar-refractivity contribution in [2.45, 2.75) is 32.6 Å². The van der Waals surface area contributed by atoms with E-state index in [9.17, 15) is 4.79 Å². The van der Waals surface area contributed by atoms with Gasteiger partial charge in [0, 0.05) is 22.2 Å². The van der Waals surface area contributed by atoms with E-state index in [0.717, 1.165) is 37.2 Å². The smallest absolute Gasteiger partial charge is 0.223 e. The maximum Gasteiger partial charge on any atom is 0.223 e. The Bertz CT molecular complexity index is 589. The van der Waals surface area contributed by atoms with Gasteiger partial charge in [0.05, 0.1) is 10.7 Å². The Morgan fingerprint density at radius 1 is 1.55 bits per heavy atom. The van der Waals surface area contributed by atoms with Crippen molar-refractivity contribution in [3.8, 4) is 0 Å². The Labute approximate surface area is 127 Å². The van der Waals surface area contributed by atoms with Crippen molar-refractivity contribution >= 4 is 28.6 Å². The Balaban J connectivity index is 1.51. The highest BCUT2D eigenvalue weighted by Gasteiger charge is 2.26. The van der Waals surface area contributed by atoms with Gasteiger partial charge >= 0.3 is 0 Å². The summed E-state index contributed by atoms with van der Waals surface area (Å²) in [5, 5.41) is 6.27. The molecule has 5 heteroatoms. The van der Waals surface area contributed by atoms with Crippen LogP contribution in [0.3, 0.4) is 0 Å². The molecule has 1 N–H and O–H groups in total. The molecule has 2 aromatic rings. The third kappa shape index (κ3) is 3.10. The number of hydrogen-bond donors (Lipinski definition) is 1. The molecule has 2 heterocycles. The van der Waals surface area contributed by atoms with Crippen molar-refractivity contribution in [3.05, 3.63) is 38.0 Å². The molecule has 20 heavy (non-hydrogen) atoms. The van der Waals surface area contributed by atoms with E-state index in [1.165, 1.54) is 15.4 Å². The molecule has 1 unspecified atom stereocenters. The largest absolute Gasteiger partial charge is 0.355 e. The number of nitrogens with zero attached hydrogens (tertiary/aromatic N) is 1. The number of amides is 1. The molecule has 1 amide bonds. The number of thiophene rings is 1. The van der Waals surface area contributed by atoms with Gasteiger partial charge in [0.15, 0.2) is 0 Å². The van der Waals surface area contributed by atoms with Crippen LogP contribution in [0.15, 0.2) is 17.5 Å². The minimum absolute atomic E-state index is 0.130.